The summed E-state index contributed by atoms with van der Waals surface area (Å²) in [4.78, 5) is 15.4. The van der Waals surface area contributed by atoms with Crippen LogP contribution in [0.4, 0.5) is 5.69 Å². The lowest BCUT2D eigenvalue weighted by atomic mass is 10.2. The molecule has 0 radical (unpaired) electrons. The first-order chi connectivity index (χ1) is 8.25. The maximum Gasteiger partial charge on any atom is 0.276 e. The number of benzene rings is 1. The number of fused-ring (bicyclic) bond motifs is 1. The third-order valence-electron chi connectivity index (χ3n) is 2.65. The molecule has 1 unspecified atom stereocenters. The van der Waals surface area contributed by atoms with Gasteiger partial charge in [-0.2, -0.15) is 5.10 Å². The van der Waals surface area contributed by atoms with Crippen LogP contribution < -0.4 is 10.3 Å². The first-order valence-corrected chi connectivity index (χ1v) is 5.46. The van der Waals surface area contributed by atoms with Crippen LogP contribution in [0.3, 0.4) is 0 Å². The highest BCUT2D eigenvalue weighted by Gasteiger charge is 2.33. The Balaban J connectivity index is 1.92. The lowest BCUT2D eigenvalue weighted by molar-refractivity contribution is -0.122. The molecule has 0 aliphatic carbocycles. The van der Waals surface area contributed by atoms with Crippen LogP contribution >= 0.6 is 11.6 Å². The van der Waals surface area contributed by atoms with Gasteiger partial charge in [0.15, 0.2) is 0 Å². The zero-order chi connectivity index (χ0) is 11.8. The van der Waals surface area contributed by atoms with Crippen LogP contribution in [0.1, 0.15) is 0 Å². The van der Waals surface area contributed by atoms with E-state index in [1.807, 2.05) is 0 Å². The highest BCUT2D eigenvalue weighted by molar-refractivity contribution is 6.30. The SMILES string of the molecule is O=C1C2NN=CN2C=CN1c1ccc(Cl)cc1. The minimum Gasteiger partial charge on any atom is -0.306 e. The average molecular weight is 249 g/mol. The average Bonchev–Trinajstić information content (AvgIpc) is 2.80. The molecule has 86 valence electrons. The summed E-state index contributed by atoms with van der Waals surface area (Å²) in [6, 6.07) is 7.11. The summed E-state index contributed by atoms with van der Waals surface area (Å²) >= 11 is 5.81. The largest absolute Gasteiger partial charge is 0.306 e. The summed E-state index contributed by atoms with van der Waals surface area (Å²) in [5, 5.41) is 4.50. The monoisotopic (exact) mass is 248 g/mol. The quantitative estimate of drug-likeness (QED) is 0.816. The lowest BCUT2D eigenvalue weighted by Gasteiger charge is -2.30. The number of halogens is 1. The number of rotatable bonds is 1. The van der Waals surface area contributed by atoms with Gasteiger partial charge in [0.25, 0.3) is 5.91 Å². The van der Waals surface area contributed by atoms with E-state index in [1.54, 1.807) is 52.8 Å². The Labute approximate surface area is 103 Å². The molecule has 0 fully saturated rings. The van der Waals surface area contributed by atoms with Gasteiger partial charge >= 0.3 is 0 Å². The molecule has 1 amide bonds. The number of carbonyl (C=O) groups is 1. The van der Waals surface area contributed by atoms with E-state index < -0.39 is 6.17 Å². The molecule has 1 atom stereocenters. The molecule has 0 spiro atoms. The molecule has 0 bridgehead atoms. The fraction of sp³-hybridized carbons (Fsp3) is 0.0909. The molecular weight excluding hydrogens is 240 g/mol. The third-order valence-corrected chi connectivity index (χ3v) is 2.90. The van der Waals surface area contributed by atoms with Crippen molar-refractivity contribution in [2.24, 2.45) is 5.10 Å². The predicted octanol–water partition coefficient (Wildman–Crippen LogP) is 1.33. The Bertz CT molecular complexity index is 511. The van der Waals surface area contributed by atoms with Crippen LogP contribution in [-0.2, 0) is 4.79 Å². The first kappa shape index (κ1) is 10.2. The summed E-state index contributed by atoms with van der Waals surface area (Å²) in [5.74, 6) is -0.0766. The van der Waals surface area contributed by atoms with Crippen molar-refractivity contribution in [1.29, 1.82) is 0 Å². The van der Waals surface area contributed by atoms with Crippen LogP contribution in [-0.4, -0.2) is 23.3 Å². The van der Waals surface area contributed by atoms with E-state index in [1.165, 1.54) is 0 Å². The van der Waals surface area contributed by atoms with E-state index in [0.29, 0.717) is 5.02 Å². The number of hydrazone groups is 1. The molecule has 3 rings (SSSR count). The number of nitrogens with one attached hydrogen (secondary N) is 1. The van der Waals surface area contributed by atoms with E-state index in [0.717, 1.165) is 5.69 Å². The molecule has 1 aromatic carbocycles. The highest BCUT2D eigenvalue weighted by atomic mass is 35.5. The molecule has 2 aliphatic heterocycles. The molecule has 17 heavy (non-hydrogen) atoms. The minimum absolute atomic E-state index is 0.0766. The van der Waals surface area contributed by atoms with Crippen molar-refractivity contribution in [1.82, 2.24) is 10.3 Å². The van der Waals surface area contributed by atoms with Crippen LogP contribution in [0.15, 0.2) is 41.8 Å². The first-order valence-electron chi connectivity index (χ1n) is 5.09. The second-order valence-electron chi connectivity index (χ2n) is 3.71. The normalized spacial score (nSPS) is 21.7. The summed E-state index contributed by atoms with van der Waals surface area (Å²) in [5.41, 5.74) is 3.53. The molecule has 0 saturated carbocycles. The van der Waals surface area contributed by atoms with Gasteiger partial charge in [-0.1, -0.05) is 11.6 Å². The van der Waals surface area contributed by atoms with Crippen molar-refractivity contribution in [3.05, 3.63) is 41.7 Å². The van der Waals surface area contributed by atoms with Gasteiger partial charge in [-0.05, 0) is 24.3 Å². The second-order valence-corrected chi connectivity index (χ2v) is 4.14. The number of anilines is 1. The van der Waals surface area contributed by atoms with Gasteiger partial charge < -0.3 is 4.90 Å². The molecule has 2 heterocycles. The number of hydrogen-bond donors (Lipinski definition) is 1. The lowest BCUT2D eigenvalue weighted by Crippen LogP contribution is -2.51. The third kappa shape index (κ3) is 1.64. The van der Waals surface area contributed by atoms with Gasteiger partial charge in [-0.3, -0.25) is 15.1 Å². The zero-order valence-electron chi connectivity index (χ0n) is 8.75. The van der Waals surface area contributed by atoms with Gasteiger partial charge in [-0.25, -0.2) is 0 Å². The summed E-state index contributed by atoms with van der Waals surface area (Å²) in [6.45, 7) is 0. The van der Waals surface area contributed by atoms with Crippen LogP contribution in [0.25, 0.3) is 0 Å². The fourth-order valence-electron chi connectivity index (χ4n) is 1.78. The van der Waals surface area contributed by atoms with E-state index in [-0.39, 0.29) is 5.91 Å². The Kier molecular flexibility index (Phi) is 2.26. The van der Waals surface area contributed by atoms with E-state index in [2.05, 4.69) is 10.5 Å². The van der Waals surface area contributed by atoms with Gasteiger partial charge in [0, 0.05) is 23.1 Å². The number of amides is 1. The van der Waals surface area contributed by atoms with Crippen molar-refractivity contribution >= 4 is 29.5 Å². The van der Waals surface area contributed by atoms with Gasteiger partial charge in [0.1, 0.15) is 6.34 Å². The van der Waals surface area contributed by atoms with Crippen LogP contribution in [0.2, 0.25) is 5.02 Å². The summed E-state index contributed by atoms with van der Waals surface area (Å²) in [6.07, 6.45) is 4.64. The number of hydrogen-bond acceptors (Lipinski definition) is 4. The summed E-state index contributed by atoms with van der Waals surface area (Å²) in [7, 11) is 0. The van der Waals surface area contributed by atoms with E-state index in [4.69, 9.17) is 11.6 Å². The molecule has 5 nitrogen and oxygen atoms in total. The van der Waals surface area contributed by atoms with Crippen molar-refractivity contribution in [2.45, 2.75) is 6.17 Å². The molecule has 1 aromatic rings. The summed E-state index contributed by atoms with van der Waals surface area (Å²) < 4.78 is 0. The molecular formula is C11H9ClN4O. The Morgan fingerprint density at radius 2 is 2.00 bits per heavy atom. The number of nitrogens with zero attached hydrogens (tertiary/aromatic N) is 3. The maximum atomic E-state index is 12.1. The standard InChI is InChI=1S/C11H9ClN4O/c12-8-1-3-9(4-2-8)16-6-5-15-7-13-14-10(15)11(16)17/h1-7,10,14H. The molecule has 0 saturated heterocycles. The molecule has 1 N–H and O–H groups in total. The highest BCUT2D eigenvalue weighted by Crippen LogP contribution is 2.22. The van der Waals surface area contributed by atoms with E-state index in [9.17, 15) is 4.79 Å². The van der Waals surface area contributed by atoms with Crippen molar-refractivity contribution in [3.63, 3.8) is 0 Å². The van der Waals surface area contributed by atoms with Crippen molar-refractivity contribution < 1.29 is 4.79 Å². The van der Waals surface area contributed by atoms with Gasteiger partial charge in [-0.15, -0.1) is 0 Å². The Hall–Kier alpha value is -2.01. The van der Waals surface area contributed by atoms with Gasteiger partial charge in [0.2, 0.25) is 6.17 Å². The zero-order valence-corrected chi connectivity index (χ0v) is 9.50. The Morgan fingerprint density at radius 1 is 1.24 bits per heavy atom. The smallest absolute Gasteiger partial charge is 0.276 e. The minimum atomic E-state index is -0.448. The van der Waals surface area contributed by atoms with Gasteiger partial charge in [0.05, 0.1) is 0 Å². The molecule has 0 aromatic heterocycles. The second kappa shape index (κ2) is 3.78. The van der Waals surface area contributed by atoms with Crippen molar-refractivity contribution in [2.75, 3.05) is 4.90 Å². The fourth-order valence-corrected chi connectivity index (χ4v) is 1.90. The molecule has 6 heteroatoms. The topological polar surface area (TPSA) is 47.9 Å². The maximum absolute atomic E-state index is 12.1. The predicted molar refractivity (Wildman–Crippen MR) is 65.3 cm³/mol. The molecule has 2 aliphatic rings. The van der Waals surface area contributed by atoms with Crippen LogP contribution in [0, 0.1) is 0 Å². The van der Waals surface area contributed by atoms with Crippen molar-refractivity contribution in [3.8, 4) is 0 Å². The Morgan fingerprint density at radius 3 is 2.76 bits per heavy atom. The number of carbonyl (C=O) groups excluding carboxylic acids is 1. The van der Waals surface area contributed by atoms with E-state index >= 15 is 0 Å². The van der Waals surface area contributed by atoms with Crippen LogP contribution in [0.5, 0.6) is 0 Å².